The highest BCUT2D eigenvalue weighted by Crippen LogP contribution is 2.36. The summed E-state index contributed by atoms with van der Waals surface area (Å²) in [7, 11) is 0. The van der Waals surface area contributed by atoms with Gasteiger partial charge >= 0.3 is 6.03 Å². The zero-order valence-electron chi connectivity index (χ0n) is 9.56. The van der Waals surface area contributed by atoms with Gasteiger partial charge in [0, 0.05) is 14.5 Å². The molecule has 6 heteroatoms. The average Bonchev–Trinajstić information content (AvgIpc) is 2.49. The number of carbonyl (C=O) groups is 1. The van der Waals surface area contributed by atoms with Gasteiger partial charge in [-0.15, -0.1) is 23.1 Å². The van der Waals surface area contributed by atoms with Crippen LogP contribution in [0.4, 0.5) is 4.79 Å². The average molecular weight is 260 g/mol. The number of nitrogens with zero attached hydrogens (tertiary/aromatic N) is 1. The summed E-state index contributed by atoms with van der Waals surface area (Å²) in [6.45, 7) is 6.49. The predicted octanol–water partition coefficient (Wildman–Crippen LogP) is 2.91. The lowest BCUT2D eigenvalue weighted by Crippen LogP contribution is -2.31. The van der Waals surface area contributed by atoms with Gasteiger partial charge in [-0.1, -0.05) is 20.8 Å². The molecule has 0 spiro atoms. The van der Waals surface area contributed by atoms with Crippen molar-refractivity contribution in [3.63, 3.8) is 0 Å². The van der Waals surface area contributed by atoms with Crippen molar-refractivity contribution >= 4 is 29.1 Å². The molecule has 0 radical (unpaired) electrons. The molecule has 2 amide bonds. The van der Waals surface area contributed by atoms with E-state index in [-0.39, 0.29) is 11.3 Å². The number of thioether (sulfide) groups is 1. The number of hydrogen-bond acceptors (Lipinski definition) is 4. The lowest BCUT2D eigenvalue weighted by Gasteiger charge is -2.18. The Hall–Kier alpha value is -0.720. The maximum absolute atomic E-state index is 10.7. The smallest absolute Gasteiger partial charge is 0.338 e. The van der Waals surface area contributed by atoms with E-state index in [2.05, 4.69) is 20.8 Å². The summed E-state index contributed by atoms with van der Waals surface area (Å²) in [5.41, 5.74) is 4.96. The van der Waals surface area contributed by atoms with Gasteiger partial charge in [0.25, 0.3) is 0 Å². The van der Waals surface area contributed by atoms with E-state index in [1.807, 2.05) is 11.4 Å². The second-order valence-electron chi connectivity index (χ2n) is 4.32. The Kier molecular flexibility index (Phi) is 4.23. The summed E-state index contributed by atoms with van der Waals surface area (Å²) < 4.78 is 0.100. The van der Waals surface area contributed by atoms with Crippen LogP contribution in [-0.2, 0) is 6.54 Å². The Morgan fingerprint density at radius 3 is 2.75 bits per heavy atom. The van der Waals surface area contributed by atoms with E-state index < -0.39 is 6.03 Å². The predicted molar refractivity (Wildman–Crippen MR) is 66.8 cm³/mol. The molecule has 0 bridgehead atoms. The second-order valence-corrected chi connectivity index (χ2v) is 7.19. The number of urea groups is 1. The van der Waals surface area contributed by atoms with Gasteiger partial charge in [0.1, 0.15) is 0 Å². The summed E-state index contributed by atoms with van der Waals surface area (Å²) in [6.07, 6.45) is 0. The van der Waals surface area contributed by atoms with Gasteiger partial charge in [-0.05, 0) is 11.4 Å². The molecule has 16 heavy (non-hydrogen) atoms. The topological polar surface area (TPSA) is 66.6 Å². The molecule has 1 rings (SSSR count). The van der Waals surface area contributed by atoms with Crippen LogP contribution in [0.5, 0.6) is 0 Å². The third-order valence-corrected chi connectivity index (χ3v) is 3.92. The maximum atomic E-state index is 10.7. The maximum Gasteiger partial charge on any atom is 0.338 e. The molecule has 0 aliphatic heterocycles. The summed E-state index contributed by atoms with van der Waals surface area (Å²) >= 11 is 3.21. The fraction of sp³-hybridized carbons (Fsp3) is 0.500. The van der Waals surface area contributed by atoms with Crippen molar-refractivity contribution in [1.82, 2.24) is 5.06 Å². The van der Waals surface area contributed by atoms with Crippen LogP contribution < -0.4 is 5.73 Å². The van der Waals surface area contributed by atoms with Crippen molar-refractivity contribution in [1.29, 1.82) is 0 Å². The Labute approximate surface area is 103 Å². The van der Waals surface area contributed by atoms with Crippen LogP contribution in [0.25, 0.3) is 0 Å². The van der Waals surface area contributed by atoms with Crippen LogP contribution in [0.3, 0.4) is 0 Å². The molecule has 3 N–H and O–H groups in total. The van der Waals surface area contributed by atoms with Gasteiger partial charge in [0.15, 0.2) is 0 Å². The first-order chi connectivity index (χ1) is 7.29. The zero-order valence-corrected chi connectivity index (χ0v) is 11.2. The number of amides is 2. The van der Waals surface area contributed by atoms with E-state index in [1.165, 1.54) is 11.3 Å². The lowest BCUT2D eigenvalue weighted by atomic mass is 10.3. The first kappa shape index (κ1) is 13.3. The molecular weight excluding hydrogens is 244 g/mol. The van der Waals surface area contributed by atoms with E-state index in [1.54, 1.807) is 11.8 Å². The van der Waals surface area contributed by atoms with E-state index in [9.17, 15) is 10.0 Å². The minimum Gasteiger partial charge on any atom is -0.350 e. The van der Waals surface area contributed by atoms with Gasteiger partial charge in [-0.25, -0.2) is 9.86 Å². The third kappa shape index (κ3) is 4.03. The minimum atomic E-state index is -0.833. The Morgan fingerprint density at radius 2 is 2.25 bits per heavy atom. The molecule has 1 aromatic rings. The summed E-state index contributed by atoms with van der Waals surface area (Å²) in [5.74, 6) is 0. The minimum absolute atomic E-state index is 0.100. The number of hydrogen-bond donors (Lipinski definition) is 2. The van der Waals surface area contributed by atoms with E-state index >= 15 is 0 Å². The first-order valence-electron chi connectivity index (χ1n) is 4.81. The molecule has 0 saturated carbocycles. The zero-order chi connectivity index (χ0) is 12.3. The normalized spacial score (nSPS) is 11.5. The molecule has 1 aromatic heterocycles. The number of carbonyl (C=O) groups excluding carboxylic acids is 1. The molecule has 0 aliphatic carbocycles. The fourth-order valence-corrected chi connectivity index (χ4v) is 3.16. The lowest BCUT2D eigenvalue weighted by molar-refractivity contribution is -0.0467. The highest BCUT2D eigenvalue weighted by atomic mass is 32.2. The second kappa shape index (κ2) is 5.07. The Morgan fingerprint density at radius 1 is 1.62 bits per heavy atom. The molecular formula is C10H16N2O2S2. The monoisotopic (exact) mass is 260 g/mol. The van der Waals surface area contributed by atoms with Crippen LogP contribution in [-0.4, -0.2) is 21.0 Å². The molecule has 0 atom stereocenters. The van der Waals surface area contributed by atoms with Gasteiger partial charge in [0.05, 0.1) is 6.54 Å². The molecule has 0 unspecified atom stereocenters. The van der Waals surface area contributed by atoms with Crippen LogP contribution in [0, 0.1) is 0 Å². The number of thiophene rings is 1. The summed E-state index contributed by atoms with van der Waals surface area (Å²) in [5, 5.41) is 11.7. The van der Waals surface area contributed by atoms with Crippen LogP contribution in [0.1, 0.15) is 25.6 Å². The van der Waals surface area contributed by atoms with Crippen molar-refractivity contribution in [3.05, 3.63) is 16.3 Å². The number of primary amides is 1. The summed E-state index contributed by atoms with van der Waals surface area (Å²) in [4.78, 5) is 12.7. The van der Waals surface area contributed by atoms with E-state index in [4.69, 9.17) is 5.73 Å². The van der Waals surface area contributed by atoms with Gasteiger partial charge in [0.2, 0.25) is 0 Å². The van der Waals surface area contributed by atoms with Crippen molar-refractivity contribution < 1.29 is 10.0 Å². The van der Waals surface area contributed by atoms with Crippen LogP contribution in [0.15, 0.2) is 16.3 Å². The highest BCUT2D eigenvalue weighted by Gasteiger charge is 2.17. The van der Waals surface area contributed by atoms with E-state index in [0.29, 0.717) is 5.06 Å². The fourth-order valence-electron chi connectivity index (χ4n) is 1.08. The molecule has 90 valence electrons. The standard InChI is InChI=1S/C10H16N2O2S2/c1-10(2,3)16-7-4-5-15-8(7)6-12(14)9(11)13/h4-5,14H,6H2,1-3H3,(H2,11,13). The molecule has 0 fully saturated rings. The van der Waals surface area contributed by atoms with Gasteiger partial charge < -0.3 is 5.73 Å². The first-order valence-corrected chi connectivity index (χ1v) is 6.50. The Balaban J connectivity index is 2.75. The van der Waals surface area contributed by atoms with Crippen molar-refractivity contribution in [2.45, 2.75) is 37.0 Å². The van der Waals surface area contributed by atoms with Gasteiger partial charge in [-0.2, -0.15) is 0 Å². The highest BCUT2D eigenvalue weighted by molar-refractivity contribution is 8.00. The van der Waals surface area contributed by atoms with Gasteiger partial charge in [-0.3, -0.25) is 5.21 Å². The molecule has 0 aromatic carbocycles. The SMILES string of the molecule is CC(C)(C)Sc1ccsc1CN(O)C(N)=O. The Bertz CT molecular complexity index is 371. The number of rotatable bonds is 3. The quantitative estimate of drug-likeness (QED) is 0.499. The number of nitrogens with two attached hydrogens (primary N) is 1. The number of hydroxylamine groups is 2. The largest absolute Gasteiger partial charge is 0.350 e. The molecule has 1 heterocycles. The van der Waals surface area contributed by atoms with Crippen molar-refractivity contribution in [2.75, 3.05) is 0 Å². The summed E-state index contributed by atoms with van der Waals surface area (Å²) in [6, 6.07) is 1.16. The van der Waals surface area contributed by atoms with Crippen LogP contribution >= 0.6 is 23.1 Å². The molecule has 4 nitrogen and oxygen atoms in total. The van der Waals surface area contributed by atoms with Crippen molar-refractivity contribution in [2.24, 2.45) is 5.73 Å². The molecule has 0 aliphatic rings. The molecule has 0 saturated heterocycles. The third-order valence-electron chi connectivity index (χ3n) is 1.67. The van der Waals surface area contributed by atoms with Crippen molar-refractivity contribution in [3.8, 4) is 0 Å². The van der Waals surface area contributed by atoms with E-state index in [0.717, 1.165) is 9.77 Å². The van der Waals surface area contributed by atoms with Crippen LogP contribution in [0.2, 0.25) is 0 Å².